The van der Waals surface area contributed by atoms with Crippen molar-refractivity contribution < 1.29 is 23.4 Å². The van der Waals surface area contributed by atoms with Crippen molar-refractivity contribution in [3.05, 3.63) is 59.7 Å². The van der Waals surface area contributed by atoms with E-state index >= 15 is 0 Å². The molecule has 0 heterocycles. The number of benzene rings is 2. The van der Waals surface area contributed by atoms with E-state index in [-0.39, 0.29) is 50.7 Å². The van der Waals surface area contributed by atoms with Crippen LogP contribution in [-0.2, 0) is 4.74 Å². The van der Waals surface area contributed by atoms with Gasteiger partial charge in [-0.2, -0.15) is 0 Å². The van der Waals surface area contributed by atoms with Crippen molar-refractivity contribution in [2.24, 2.45) is 5.92 Å². The molecule has 1 atom stereocenters. The van der Waals surface area contributed by atoms with Gasteiger partial charge in [0.1, 0.15) is 6.61 Å². The zero-order valence-electron chi connectivity index (χ0n) is 17.0. The fourth-order valence-electron chi connectivity index (χ4n) is 4.71. The number of fused-ring (bicyclic) bond motifs is 3. The van der Waals surface area contributed by atoms with Crippen LogP contribution >= 0.6 is 0 Å². The van der Waals surface area contributed by atoms with Crippen LogP contribution in [0.3, 0.4) is 0 Å². The van der Waals surface area contributed by atoms with Gasteiger partial charge in [-0.05, 0) is 47.9 Å². The van der Waals surface area contributed by atoms with Gasteiger partial charge >= 0.3 is 6.09 Å². The topological polar surface area (TPSA) is 58.6 Å². The molecule has 0 aliphatic heterocycles. The molecule has 2 N–H and O–H groups in total. The fraction of sp³-hybridized carbons (Fsp3) is 0.458. The molecule has 0 saturated heterocycles. The first-order valence-electron chi connectivity index (χ1n) is 10.5. The minimum atomic E-state index is -2.65. The van der Waals surface area contributed by atoms with Crippen LogP contribution in [0, 0.1) is 5.92 Å². The van der Waals surface area contributed by atoms with Gasteiger partial charge in [-0.15, -0.1) is 0 Å². The lowest BCUT2D eigenvalue weighted by Crippen LogP contribution is -2.48. The summed E-state index contributed by atoms with van der Waals surface area (Å²) in [4.78, 5) is 12.3. The Bertz CT molecular complexity index is 873. The molecule has 2 aromatic rings. The number of ether oxygens (including phenoxy) is 1. The molecule has 4 nitrogen and oxygen atoms in total. The van der Waals surface area contributed by atoms with Crippen LogP contribution in [0.2, 0.25) is 0 Å². The molecule has 6 heteroatoms. The van der Waals surface area contributed by atoms with Crippen molar-refractivity contribution in [2.75, 3.05) is 13.2 Å². The molecule has 30 heavy (non-hydrogen) atoms. The molecule has 0 bridgehead atoms. The largest absolute Gasteiger partial charge is 0.449 e. The summed E-state index contributed by atoms with van der Waals surface area (Å²) in [5.41, 5.74) is 3.31. The third-order valence-corrected chi connectivity index (χ3v) is 6.53. The van der Waals surface area contributed by atoms with Crippen molar-refractivity contribution in [3.8, 4) is 11.1 Å². The van der Waals surface area contributed by atoms with Crippen molar-refractivity contribution in [1.29, 1.82) is 0 Å². The van der Waals surface area contributed by atoms with Gasteiger partial charge in [-0.1, -0.05) is 48.5 Å². The van der Waals surface area contributed by atoms with E-state index in [2.05, 4.69) is 17.4 Å². The molecular weight excluding hydrogens is 388 g/mol. The molecule has 1 saturated carbocycles. The number of amides is 1. The minimum absolute atomic E-state index is 0.0279. The Morgan fingerprint density at radius 3 is 2.20 bits per heavy atom. The lowest BCUT2D eigenvalue weighted by molar-refractivity contribution is -0.0865. The van der Waals surface area contributed by atoms with E-state index in [0.717, 1.165) is 22.3 Å². The molecular formula is C24H27F2NO3. The zero-order valence-corrected chi connectivity index (χ0v) is 17.0. The summed E-state index contributed by atoms with van der Waals surface area (Å²) in [6.45, 7) is 1.75. The quantitative estimate of drug-likeness (QED) is 0.714. The first kappa shape index (κ1) is 20.8. The Morgan fingerprint density at radius 2 is 1.63 bits per heavy atom. The summed E-state index contributed by atoms with van der Waals surface area (Å²) in [5.74, 6) is -2.96. The standard InChI is InChI=1S/C24H27F2NO3/c1-23(29,16-10-12-24(25,26)13-11-16)15-27-22(28)30-14-21-19-8-4-2-6-17(19)18-7-3-5-9-20(18)21/h2-9,16,21,29H,10-15H2,1H3,(H,27,28). The Balaban J connectivity index is 1.33. The number of halogens is 2. The molecule has 0 aromatic heterocycles. The second-order valence-corrected chi connectivity index (χ2v) is 8.67. The van der Waals surface area contributed by atoms with Crippen LogP contribution in [0.25, 0.3) is 11.1 Å². The molecule has 2 aliphatic carbocycles. The second kappa shape index (κ2) is 7.99. The van der Waals surface area contributed by atoms with Gasteiger partial charge in [0.15, 0.2) is 0 Å². The highest BCUT2D eigenvalue weighted by Crippen LogP contribution is 2.44. The highest BCUT2D eigenvalue weighted by molar-refractivity contribution is 5.79. The minimum Gasteiger partial charge on any atom is -0.449 e. The van der Waals surface area contributed by atoms with E-state index in [4.69, 9.17) is 4.74 Å². The summed E-state index contributed by atoms with van der Waals surface area (Å²) >= 11 is 0. The average molecular weight is 415 g/mol. The molecule has 2 aliphatic rings. The zero-order chi connectivity index (χ0) is 21.4. The molecule has 0 radical (unpaired) electrons. The molecule has 1 amide bonds. The molecule has 160 valence electrons. The number of carbonyl (C=O) groups is 1. The molecule has 1 unspecified atom stereocenters. The number of alkyl carbamates (subject to hydrolysis) is 1. The summed E-state index contributed by atoms with van der Waals surface area (Å²) < 4.78 is 32.2. The van der Waals surface area contributed by atoms with Gasteiger partial charge in [0.2, 0.25) is 5.92 Å². The molecule has 1 fully saturated rings. The lowest BCUT2D eigenvalue weighted by Gasteiger charge is -2.37. The average Bonchev–Trinajstić information content (AvgIpc) is 3.04. The third-order valence-electron chi connectivity index (χ3n) is 6.53. The number of nitrogens with one attached hydrogen (secondary N) is 1. The maximum atomic E-state index is 13.4. The van der Waals surface area contributed by atoms with Gasteiger partial charge in [-0.25, -0.2) is 13.6 Å². The van der Waals surface area contributed by atoms with E-state index in [1.54, 1.807) is 6.92 Å². The molecule has 2 aromatic carbocycles. The normalized spacial score (nSPS) is 20.1. The SMILES string of the molecule is CC(O)(CNC(=O)OCC1c2ccccc2-c2ccccc21)C1CCC(F)(F)CC1. The van der Waals surface area contributed by atoms with Crippen molar-refractivity contribution in [1.82, 2.24) is 5.32 Å². The van der Waals surface area contributed by atoms with Crippen LogP contribution in [0.1, 0.15) is 49.7 Å². The molecule has 0 spiro atoms. The Hall–Kier alpha value is -2.47. The summed E-state index contributed by atoms with van der Waals surface area (Å²) in [6, 6.07) is 16.2. The number of alkyl halides is 2. The third kappa shape index (κ3) is 4.19. The smallest absolute Gasteiger partial charge is 0.407 e. The van der Waals surface area contributed by atoms with Crippen LogP contribution < -0.4 is 5.32 Å². The second-order valence-electron chi connectivity index (χ2n) is 8.67. The van der Waals surface area contributed by atoms with Crippen LogP contribution in [0.4, 0.5) is 13.6 Å². The first-order valence-corrected chi connectivity index (χ1v) is 10.5. The van der Waals surface area contributed by atoms with E-state index in [9.17, 15) is 18.7 Å². The van der Waals surface area contributed by atoms with E-state index < -0.39 is 17.6 Å². The summed E-state index contributed by atoms with van der Waals surface area (Å²) in [5, 5.41) is 13.3. The van der Waals surface area contributed by atoms with Gasteiger partial charge in [0, 0.05) is 25.3 Å². The fourth-order valence-corrected chi connectivity index (χ4v) is 4.71. The maximum Gasteiger partial charge on any atom is 0.407 e. The van der Waals surface area contributed by atoms with Gasteiger partial charge in [-0.3, -0.25) is 0 Å². The van der Waals surface area contributed by atoms with Crippen LogP contribution in [-0.4, -0.2) is 35.9 Å². The Morgan fingerprint density at radius 1 is 1.10 bits per heavy atom. The Labute approximate surface area is 175 Å². The number of aliphatic hydroxyl groups is 1. The number of hydrogen-bond acceptors (Lipinski definition) is 3. The van der Waals surface area contributed by atoms with E-state index in [1.807, 2.05) is 36.4 Å². The van der Waals surface area contributed by atoms with E-state index in [0.29, 0.717) is 0 Å². The van der Waals surface area contributed by atoms with Crippen molar-refractivity contribution >= 4 is 6.09 Å². The van der Waals surface area contributed by atoms with Gasteiger partial charge in [0.05, 0.1) is 5.60 Å². The number of rotatable bonds is 5. The van der Waals surface area contributed by atoms with Crippen LogP contribution in [0.15, 0.2) is 48.5 Å². The van der Waals surface area contributed by atoms with Gasteiger partial charge in [0.25, 0.3) is 0 Å². The monoisotopic (exact) mass is 415 g/mol. The van der Waals surface area contributed by atoms with Crippen molar-refractivity contribution in [3.63, 3.8) is 0 Å². The predicted octanol–water partition coefficient (Wildman–Crippen LogP) is 5.10. The lowest BCUT2D eigenvalue weighted by atomic mass is 9.76. The number of carbonyl (C=O) groups excluding carboxylic acids is 1. The van der Waals surface area contributed by atoms with E-state index in [1.165, 1.54) is 0 Å². The number of hydrogen-bond donors (Lipinski definition) is 2. The highest BCUT2D eigenvalue weighted by atomic mass is 19.3. The maximum absolute atomic E-state index is 13.4. The van der Waals surface area contributed by atoms with Gasteiger partial charge < -0.3 is 15.2 Å². The first-order chi connectivity index (χ1) is 14.3. The predicted molar refractivity (Wildman–Crippen MR) is 111 cm³/mol. The Kier molecular flexibility index (Phi) is 5.53. The highest BCUT2D eigenvalue weighted by Gasteiger charge is 2.42. The van der Waals surface area contributed by atoms with Crippen molar-refractivity contribution in [2.45, 2.75) is 50.0 Å². The van der Waals surface area contributed by atoms with Crippen LogP contribution in [0.5, 0.6) is 0 Å². The summed E-state index contributed by atoms with van der Waals surface area (Å²) in [7, 11) is 0. The summed E-state index contributed by atoms with van der Waals surface area (Å²) in [6.07, 6.45) is -0.575. The molecule has 4 rings (SSSR count).